The zero-order chi connectivity index (χ0) is 9.84. The first-order chi connectivity index (χ1) is 6.09. The van der Waals surface area contributed by atoms with Gasteiger partial charge < -0.3 is 10.2 Å². The standard InChI is InChI=1S/C9H14N2O2/c1-11(2)10-6-7-3-4-8(12)5-9(7)13/h3-5,10,12-13H,6H2,1-2H3. The lowest BCUT2D eigenvalue weighted by Gasteiger charge is -2.12. The van der Waals surface area contributed by atoms with Crippen molar-refractivity contribution >= 4 is 0 Å². The third-order valence-corrected chi connectivity index (χ3v) is 1.65. The van der Waals surface area contributed by atoms with E-state index >= 15 is 0 Å². The van der Waals surface area contributed by atoms with Gasteiger partial charge in [-0.2, -0.15) is 0 Å². The van der Waals surface area contributed by atoms with Crippen LogP contribution in [0.25, 0.3) is 0 Å². The molecule has 0 aliphatic carbocycles. The highest BCUT2D eigenvalue weighted by atomic mass is 16.3. The summed E-state index contributed by atoms with van der Waals surface area (Å²) in [5, 5.41) is 20.2. The van der Waals surface area contributed by atoms with Gasteiger partial charge in [-0.15, -0.1) is 0 Å². The summed E-state index contributed by atoms with van der Waals surface area (Å²) in [5.41, 5.74) is 3.77. The van der Waals surface area contributed by atoms with Gasteiger partial charge in [0.2, 0.25) is 0 Å². The molecule has 4 heteroatoms. The Balaban J connectivity index is 2.67. The van der Waals surface area contributed by atoms with Crippen molar-refractivity contribution in [2.24, 2.45) is 0 Å². The molecular formula is C9H14N2O2. The zero-order valence-electron chi connectivity index (χ0n) is 7.78. The Hall–Kier alpha value is -1.26. The predicted octanol–water partition coefficient (Wildman–Crippen LogP) is 0.664. The number of phenols is 2. The average Bonchev–Trinajstić information content (AvgIpc) is 2.02. The lowest BCUT2D eigenvalue weighted by molar-refractivity contribution is 0.283. The van der Waals surface area contributed by atoms with Crippen molar-refractivity contribution in [2.75, 3.05) is 14.1 Å². The van der Waals surface area contributed by atoms with Crippen molar-refractivity contribution in [2.45, 2.75) is 6.54 Å². The van der Waals surface area contributed by atoms with Crippen LogP contribution in [0, 0.1) is 0 Å². The summed E-state index contributed by atoms with van der Waals surface area (Å²) >= 11 is 0. The molecule has 0 fully saturated rings. The monoisotopic (exact) mass is 182 g/mol. The molecule has 0 saturated carbocycles. The fourth-order valence-electron chi connectivity index (χ4n) is 0.945. The molecule has 0 bridgehead atoms. The SMILES string of the molecule is CN(C)NCc1ccc(O)cc1O. The number of hydrogen-bond donors (Lipinski definition) is 3. The zero-order valence-corrected chi connectivity index (χ0v) is 7.78. The maximum absolute atomic E-state index is 9.39. The van der Waals surface area contributed by atoms with Gasteiger partial charge in [-0.05, 0) is 6.07 Å². The van der Waals surface area contributed by atoms with Crippen LogP contribution in [0.4, 0.5) is 0 Å². The van der Waals surface area contributed by atoms with Crippen LogP contribution < -0.4 is 5.43 Å². The second-order valence-corrected chi connectivity index (χ2v) is 3.04. The molecule has 72 valence electrons. The lowest BCUT2D eigenvalue weighted by atomic mass is 10.2. The molecule has 0 saturated heterocycles. The number of phenolic OH excluding ortho intramolecular Hbond substituents is 2. The third-order valence-electron chi connectivity index (χ3n) is 1.65. The van der Waals surface area contributed by atoms with Crippen LogP contribution in [-0.2, 0) is 6.54 Å². The summed E-state index contributed by atoms with van der Waals surface area (Å²) in [5.74, 6) is 0.181. The second-order valence-electron chi connectivity index (χ2n) is 3.04. The highest BCUT2D eigenvalue weighted by Crippen LogP contribution is 2.21. The van der Waals surface area contributed by atoms with E-state index in [-0.39, 0.29) is 11.5 Å². The Morgan fingerprint density at radius 2 is 2.00 bits per heavy atom. The van der Waals surface area contributed by atoms with Crippen molar-refractivity contribution in [1.29, 1.82) is 0 Å². The Bertz CT molecular complexity index is 287. The first-order valence-electron chi connectivity index (χ1n) is 4.01. The minimum atomic E-state index is 0.0751. The summed E-state index contributed by atoms with van der Waals surface area (Å²) in [6.07, 6.45) is 0. The minimum absolute atomic E-state index is 0.0751. The lowest BCUT2D eigenvalue weighted by Crippen LogP contribution is -2.29. The van der Waals surface area contributed by atoms with Gasteiger partial charge in [-0.1, -0.05) is 6.07 Å². The summed E-state index contributed by atoms with van der Waals surface area (Å²) in [4.78, 5) is 0. The van der Waals surface area contributed by atoms with Crippen molar-refractivity contribution in [3.8, 4) is 11.5 Å². The molecule has 3 N–H and O–H groups in total. The summed E-state index contributed by atoms with van der Waals surface area (Å²) in [7, 11) is 3.74. The number of hydrogen-bond acceptors (Lipinski definition) is 4. The number of aromatic hydroxyl groups is 2. The van der Waals surface area contributed by atoms with E-state index in [1.807, 2.05) is 14.1 Å². The molecular weight excluding hydrogens is 168 g/mol. The number of nitrogens with one attached hydrogen (secondary N) is 1. The summed E-state index contributed by atoms with van der Waals surface area (Å²) in [6, 6.07) is 4.56. The number of benzene rings is 1. The molecule has 1 rings (SSSR count). The number of rotatable bonds is 3. The molecule has 0 atom stereocenters. The van der Waals surface area contributed by atoms with Crippen LogP contribution in [-0.4, -0.2) is 29.3 Å². The van der Waals surface area contributed by atoms with Gasteiger partial charge in [-0.25, -0.2) is 0 Å². The van der Waals surface area contributed by atoms with Gasteiger partial charge >= 0.3 is 0 Å². The first-order valence-corrected chi connectivity index (χ1v) is 4.01. The van der Waals surface area contributed by atoms with E-state index in [1.54, 1.807) is 17.1 Å². The topological polar surface area (TPSA) is 55.7 Å². The second kappa shape index (κ2) is 4.11. The van der Waals surface area contributed by atoms with Crippen molar-refractivity contribution in [3.63, 3.8) is 0 Å². The van der Waals surface area contributed by atoms with Crippen LogP contribution in [0.2, 0.25) is 0 Å². The Labute approximate surface area is 77.4 Å². The molecule has 4 nitrogen and oxygen atoms in total. The fourth-order valence-corrected chi connectivity index (χ4v) is 0.945. The van der Waals surface area contributed by atoms with E-state index in [4.69, 9.17) is 5.11 Å². The van der Waals surface area contributed by atoms with Crippen LogP contribution in [0.3, 0.4) is 0 Å². The third kappa shape index (κ3) is 2.93. The van der Waals surface area contributed by atoms with E-state index in [1.165, 1.54) is 6.07 Å². The van der Waals surface area contributed by atoms with Crippen LogP contribution in [0.5, 0.6) is 11.5 Å². The maximum Gasteiger partial charge on any atom is 0.123 e. The molecule has 0 aromatic heterocycles. The highest BCUT2D eigenvalue weighted by molar-refractivity contribution is 5.38. The summed E-state index contributed by atoms with van der Waals surface area (Å²) < 4.78 is 0. The van der Waals surface area contributed by atoms with Gasteiger partial charge in [0, 0.05) is 32.3 Å². The van der Waals surface area contributed by atoms with E-state index in [0.717, 1.165) is 5.56 Å². The van der Waals surface area contributed by atoms with Gasteiger partial charge in [0.25, 0.3) is 0 Å². The summed E-state index contributed by atoms with van der Waals surface area (Å²) in [6.45, 7) is 0.541. The van der Waals surface area contributed by atoms with Gasteiger partial charge in [-0.3, -0.25) is 10.4 Å². The number of hydrazine groups is 1. The van der Waals surface area contributed by atoms with E-state index in [2.05, 4.69) is 5.43 Å². The molecule has 0 heterocycles. The van der Waals surface area contributed by atoms with Crippen molar-refractivity contribution in [3.05, 3.63) is 23.8 Å². The molecule has 0 unspecified atom stereocenters. The quantitative estimate of drug-likeness (QED) is 0.601. The van der Waals surface area contributed by atoms with Crippen LogP contribution in [0.15, 0.2) is 18.2 Å². The van der Waals surface area contributed by atoms with Crippen molar-refractivity contribution < 1.29 is 10.2 Å². The molecule has 13 heavy (non-hydrogen) atoms. The van der Waals surface area contributed by atoms with Crippen LogP contribution >= 0.6 is 0 Å². The largest absolute Gasteiger partial charge is 0.508 e. The Morgan fingerprint density at radius 3 is 2.54 bits per heavy atom. The van der Waals surface area contributed by atoms with Gasteiger partial charge in [0.15, 0.2) is 0 Å². The van der Waals surface area contributed by atoms with E-state index in [9.17, 15) is 5.11 Å². The molecule has 1 aromatic carbocycles. The molecule has 0 spiro atoms. The maximum atomic E-state index is 9.39. The Kier molecular flexibility index (Phi) is 3.11. The fraction of sp³-hybridized carbons (Fsp3) is 0.333. The first kappa shape index (κ1) is 9.83. The Morgan fingerprint density at radius 1 is 1.31 bits per heavy atom. The van der Waals surface area contributed by atoms with E-state index in [0.29, 0.717) is 6.54 Å². The predicted molar refractivity (Wildman–Crippen MR) is 50.3 cm³/mol. The van der Waals surface area contributed by atoms with Crippen molar-refractivity contribution in [1.82, 2.24) is 10.4 Å². The molecule has 0 aliphatic rings. The molecule has 1 aromatic rings. The van der Waals surface area contributed by atoms with Gasteiger partial charge in [0.1, 0.15) is 11.5 Å². The minimum Gasteiger partial charge on any atom is -0.508 e. The highest BCUT2D eigenvalue weighted by Gasteiger charge is 2.01. The normalized spacial score (nSPS) is 10.7. The smallest absolute Gasteiger partial charge is 0.123 e. The van der Waals surface area contributed by atoms with Gasteiger partial charge in [0.05, 0.1) is 0 Å². The molecule has 0 radical (unpaired) electrons. The molecule has 0 aliphatic heterocycles. The molecule has 0 amide bonds. The van der Waals surface area contributed by atoms with Crippen LogP contribution in [0.1, 0.15) is 5.56 Å². The van der Waals surface area contributed by atoms with E-state index < -0.39 is 0 Å². The number of nitrogens with zero attached hydrogens (tertiary/aromatic N) is 1. The average molecular weight is 182 g/mol.